The second-order valence-corrected chi connectivity index (χ2v) is 7.14. The van der Waals surface area contributed by atoms with E-state index < -0.39 is 0 Å². The number of para-hydroxylation sites is 2. The first-order valence-corrected chi connectivity index (χ1v) is 9.44. The minimum absolute atomic E-state index is 0.967. The zero-order chi connectivity index (χ0) is 17.3. The summed E-state index contributed by atoms with van der Waals surface area (Å²) in [6, 6.07) is 27.2. The quantitative estimate of drug-likeness (QED) is 0.346. The van der Waals surface area contributed by atoms with Crippen molar-refractivity contribution < 1.29 is 0 Å². The maximum atomic E-state index is 4.81. The molecule has 124 valence electrons. The summed E-state index contributed by atoms with van der Waals surface area (Å²) in [5.41, 5.74) is 5.48. The first-order chi connectivity index (χ1) is 12.9. The van der Waals surface area contributed by atoms with Crippen molar-refractivity contribution in [3.63, 3.8) is 0 Å². The van der Waals surface area contributed by atoms with Crippen molar-refractivity contribution in [1.82, 2.24) is 4.98 Å². The van der Waals surface area contributed by atoms with Gasteiger partial charge in [0.25, 0.3) is 0 Å². The first kappa shape index (κ1) is 15.1. The van der Waals surface area contributed by atoms with Crippen LogP contribution in [0.5, 0.6) is 0 Å². The normalized spacial score (nSPS) is 11.7. The Labute approximate surface area is 155 Å². The molecule has 0 radical (unpaired) electrons. The number of thiophene rings is 1. The molecule has 0 bridgehead atoms. The average Bonchev–Trinajstić information content (AvgIpc) is 3.30. The lowest BCUT2D eigenvalue weighted by Gasteiger charge is -2.03. The van der Waals surface area contributed by atoms with Crippen LogP contribution in [-0.2, 0) is 0 Å². The summed E-state index contributed by atoms with van der Waals surface area (Å²) in [6.45, 7) is 0. The van der Waals surface area contributed by atoms with Gasteiger partial charge in [0.2, 0.25) is 0 Å². The number of aromatic amines is 1. The number of rotatable bonds is 3. The molecule has 2 nitrogen and oxygen atoms in total. The molecule has 3 heteroatoms. The highest BCUT2D eigenvalue weighted by Crippen LogP contribution is 2.32. The fourth-order valence-corrected chi connectivity index (χ4v) is 4.18. The molecule has 0 aliphatic carbocycles. The summed E-state index contributed by atoms with van der Waals surface area (Å²) in [7, 11) is 0. The van der Waals surface area contributed by atoms with Crippen LogP contribution in [0.3, 0.4) is 0 Å². The average molecular weight is 352 g/mol. The summed E-state index contributed by atoms with van der Waals surface area (Å²) in [5, 5.41) is 4.63. The largest absolute Gasteiger partial charge is 0.354 e. The molecule has 0 fully saturated rings. The molecule has 5 aromatic rings. The summed E-state index contributed by atoms with van der Waals surface area (Å²) in [6.07, 6.45) is 1.97. The van der Waals surface area contributed by atoms with Crippen LogP contribution in [0, 0.1) is 0 Å². The molecule has 2 aromatic heterocycles. The van der Waals surface area contributed by atoms with E-state index in [1.165, 1.54) is 15.5 Å². The predicted molar refractivity (Wildman–Crippen MR) is 113 cm³/mol. The van der Waals surface area contributed by atoms with E-state index in [0.29, 0.717) is 0 Å². The Morgan fingerprint density at radius 1 is 0.846 bits per heavy atom. The number of nitrogens with zero attached hydrogens (tertiary/aromatic N) is 1. The molecule has 1 N–H and O–H groups in total. The molecule has 0 saturated carbocycles. The summed E-state index contributed by atoms with van der Waals surface area (Å²) in [4.78, 5) is 8.31. The van der Waals surface area contributed by atoms with Gasteiger partial charge in [0, 0.05) is 49.4 Å². The lowest BCUT2D eigenvalue weighted by atomic mass is 10.1. The van der Waals surface area contributed by atoms with Crippen LogP contribution in [-0.4, -0.2) is 11.2 Å². The summed E-state index contributed by atoms with van der Waals surface area (Å²) < 4.78 is 1.29. The van der Waals surface area contributed by atoms with Crippen LogP contribution in [0.25, 0.3) is 32.2 Å². The Kier molecular flexibility index (Phi) is 3.65. The van der Waals surface area contributed by atoms with E-state index in [1.807, 2.05) is 18.3 Å². The Morgan fingerprint density at radius 2 is 1.65 bits per heavy atom. The molecule has 0 aliphatic heterocycles. The zero-order valence-electron chi connectivity index (χ0n) is 14.0. The number of fused-ring (bicyclic) bond motifs is 2. The Bertz CT molecular complexity index is 1210. The lowest BCUT2D eigenvalue weighted by Crippen LogP contribution is -1.81. The lowest BCUT2D eigenvalue weighted by molar-refractivity contribution is 1.43. The smallest absolute Gasteiger partial charge is 0.0723 e. The monoisotopic (exact) mass is 352 g/mol. The number of nitrogens with one attached hydrogen (secondary N) is 1. The maximum absolute atomic E-state index is 4.81. The Hall–Kier alpha value is -3.17. The molecule has 0 saturated heterocycles. The fourth-order valence-electron chi connectivity index (χ4n) is 3.27. The number of hydrogen-bond acceptors (Lipinski definition) is 2. The highest BCUT2D eigenvalue weighted by molar-refractivity contribution is 7.17. The van der Waals surface area contributed by atoms with Crippen molar-refractivity contribution in [1.29, 1.82) is 0 Å². The van der Waals surface area contributed by atoms with Gasteiger partial charge in [-0.05, 0) is 24.3 Å². The molecular formula is C23H16N2S. The van der Waals surface area contributed by atoms with E-state index in [0.717, 1.165) is 28.0 Å². The number of H-pyrrole nitrogens is 1. The summed E-state index contributed by atoms with van der Waals surface area (Å²) >= 11 is 1.76. The maximum Gasteiger partial charge on any atom is 0.0723 e. The Morgan fingerprint density at radius 3 is 2.62 bits per heavy atom. The first-order valence-electron chi connectivity index (χ1n) is 8.56. The van der Waals surface area contributed by atoms with E-state index in [4.69, 9.17) is 4.99 Å². The van der Waals surface area contributed by atoms with Gasteiger partial charge in [-0.15, -0.1) is 11.3 Å². The second kappa shape index (κ2) is 6.28. The Balaban J connectivity index is 1.58. The van der Waals surface area contributed by atoms with E-state index in [1.54, 1.807) is 11.3 Å². The van der Waals surface area contributed by atoms with Crippen LogP contribution < -0.4 is 0 Å². The van der Waals surface area contributed by atoms with Gasteiger partial charge in [-0.1, -0.05) is 54.6 Å². The van der Waals surface area contributed by atoms with Gasteiger partial charge in [0.15, 0.2) is 0 Å². The third-order valence-electron chi connectivity index (χ3n) is 4.58. The minimum atomic E-state index is 0.967. The van der Waals surface area contributed by atoms with Crippen LogP contribution in [0.15, 0.2) is 89.2 Å². The van der Waals surface area contributed by atoms with E-state index in [2.05, 4.69) is 77.1 Å². The van der Waals surface area contributed by atoms with Crippen LogP contribution >= 0.6 is 11.3 Å². The molecule has 2 heterocycles. The molecule has 0 amide bonds. The van der Waals surface area contributed by atoms with E-state index >= 15 is 0 Å². The third kappa shape index (κ3) is 2.63. The third-order valence-corrected chi connectivity index (χ3v) is 5.56. The highest BCUT2D eigenvalue weighted by Gasteiger charge is 2.07. The molecule has 3 aromatic carbocycles. The molecule has 0 atom stereocenters. The van der Waals surface area contributed by atoms with Crippen molar-refractivity contribution in [2.24, 2.45) is 4.99 Å². The van der Waals surface area contributed by atoms with Gasteiger partial charge < -0.3 is 4.98 Å². The van der Waals surface area contributed by atoms with Crippen molar-refractivity contribution in [3.05, 3.63) is 89.8 Å². The van der Waals surface area contributed by atoms with E-state index in [9.17, 15) is 0 Å². The second-order valence-electron chi connectivity index (χ2n) is 6.23. The van der Waals surface area contributed by atoms with Crippen LogP contribution in [0.4, 0.5) is 5.69 Å². The van der Waals surface area contributed by atoms with Gasteiger partial charge in [-0.2, -0.15) is 0 Å². The van der Waals surface area contributed by atoms with Crippen molar-refractivity contribution in [2.45, 2.75) is 0 Å². The van der Waals surface area contributed by atoms with Crippen LogP contribution in [0.1, 0.15) is 5.56 Å². The highest BCUT2D eigenvalue weighted by atomic mass is 32.1. The van der Waals surface area contributed by atoms with Gasteiger partial charge in [-0.3, -0.25) is 4.99 Å². The SMILES string of the molecule is C(=Nc1ccccc1-c1cc2ccccc2[nH]1)c1csc2ccccc12. The zero-order valence-corrected chi connectivity index (χ0v) is 14.8. The van der Waals surface area contributed by atoms with Crippen LogP contribution in [0.2, 0.25) is 0 Å². The summed E-state index contributed by atoms with van der Waals surface area (Å²) in [5.74, 6) is 0. The topological polar surface area (TPSA) is 28.1 Å². The van der Waals surface area contributed by atoms with Gasteiger partial charge in [0.1, 0.15) is 0 Å². The molecule has 26 heavy (non-hydrogen) atoms. The fraction of sp³-hybridized carbons (Fsp3) is 0. The van der Waals surface area contributed by atoms with Crippen molar-refractivity contribution in [2.75, 3.05) is 0 Å². The predicted octanol–water partition coefficient (Wildman–Crippen LogP) is 6.80. The number of aliphatic imine (C=N–C) groups is 1. The van der Waals surface area contributed by atoms with E-state index in [-0.39, 0.29) is 0 Å². The van der Waals surface area contributed by atoms with Gasteiger partial charge in [0.05, 0.1) is 5.69 Å². The van der Waals surface area contributed by atoms with Crippen molar-refractivity contribution >= 4 is 44.2 Å². The molecular weight excluding hydrogens is 336 g/mol. The molecule has 0 unspecified atom stereocenters. The molecule has 0 aliphatic rings. The molecule has 0 spiro atoms. The van der Waals surface area contributed by atoms with Gasteiger partial charge in [-0.25, -0.2) is 0 Å². The van der Waals surface area contributed by atoms with Crippen molar-refractivity contribution in [3.8, 4) is 11.3 Å². The standard InChI is InChI=1S/C23H16N2S/c1-4-10-20-16(7-1)13-22(25-20)19-9-2-5-11-21(19)24-14-17-15-26-23-12-6-3-8-18(17)23/h1-15,25H. The number of hydrogen-bond donors (Lipinski definition) is 1. The van der Waals surface area contributed by atoms with Gasteiger partial charge >= 0.3 is 0 Å². The number of benzene rings is 3. The number of aromatic nitrogens is 1. The minimum Gasteiger partial charge on any atom is -0.354 e. The molecule has 5 rings (SSSR count).